The van der Waals surface area contributed by atoms with Crippen LogP contribution in [0.5, 0.6) is 0 Å². The van der Waals surface area contributed by atoms with Crippen molar-refractivity contribution < 1.29 is 49.3 Å². The van der Waals surface area contributed by atoms with Gasteiger partial charge in [0.2, 0.25) is 5.91 Å². The molecule has 0 spiro atoms. The van der Waals surface area contributed by atoms with Crippen LogP contribution < -0.4 is 5.32 Å². The number of aliphatic hydroxyl groups is 5. The third-order valence-corrected chi connectivity index (χ3v) is 15.0. The van der Waals surface area contributed by atoms with Crippen LogP contribution >= 0.6 is 0 Å². The maximum atomic E-state index is 13.4. The molecule has 444 valence electrons. The highest BCUT2D eigenvalue weighted by atomic mass is 16.7. The van der Waals surface area contributed by atoms with Crippen molar-refractivity contribution in [1.29, 1.82) is 0 Å². The molecule has 0 aromatic carbocycles. The summed E-state index contributed by atoms with van der Waals surface area (Å²) in [6, 6.07) is -1.03. The Hall–Kier alpha value is -2.38. The molecule has 0 bridgehead atoms. The number of nitrogens with one attached hydrogen (secondary N) is 1. The van der Waals surface area contributed by atoms with E-state index < -0.39 is 67.4 Å². The van der Waals surface area contributed by atoms with Gasteiger partial charge in [-0.15, -0.1) is 0 Å². The lowest BCUT2D eigenvalue weighted by Crippen LogP contribution is -2.61. The Morgan fingerprint density at radius 1 is 0.513 bits per heavy atom. The molecule has 11 nitrogen and oxygen atoms in total. The van der Waals surface area contributed by atoms with E-state index in [1.54, 1.807) is 6.08 Å². The van der Waals surface area contributed by atoms with Gasteiger partial charge in [-0.25, -0.2) is 0 Å². The molecule has 8 unspecified atom stereocenters. The monoisotopic (exact) mass is 1070 g/mol. The Balaban J connectivity index is 2.61. The summed E-state index contributed by atoms with van der Waals surface area (Å²) in [6.45, 7) is 5.75. The van der Waals surface area contributed by atoms with Crippen LogP contribution in [0.3, 0.4) is 0 Å². The van der Waals surface area contributed by atoms with Crippen molar-refractivity contribution in [2.45, 2.75) is 339 Å². The fraction of sp³-hybridized carbons (Fsp3) is 0.846. The van der Waals surface area contributed by atoms with Crippen molar-refractivity contribution in [3.63, 3.8) is 0 Å². The zero-order valence-corrected chi connectivity index (χ0v) is 49.1. The first-order chi connectivity index (χ1) is 37.2. The number of carbonyl (C=O) groups excluding carboxylic acids is 2. The summed E-state index contributed by atoms with van der Waals surface area (Å²) in [5, 5.41) is 56.9. The molecule has 1 saturated heterocycles. The van der Waals surface area contributed by atoms with Crippen LogP contribution in [0.2, 0.25) is 0 Å². The highest BCUT2D eigenvalue weighted by Crippen LogP contribution is 2.26. The summed E-state index contributed by atoms with van der Waals surface area (Å²) in [4.78, 5) is 26.5. The lowest BCUT2D eigenvalue weighted by molar-refractivity contribution is -0.305. The molecule has 8 atom stereocenters. The standard InChI is InChI=1S/C65H119NO10/c1-4-7-10-13-16-19-22-25-26-27-28-29-30-31-32-33-34-35-38-41-44-47-50-53-60(70)76-63-62(72)61(71)59(54-67)75-65(63)74-55-56(57(68)51-48-45-42-39-36-23-20-17-14-11-8-5-2)66-64(73)58(69)52-49-46-43-40-37-24-21-18-15-12-9-6-3/h16,19,25-26,37,40,48,51,56-59,61-63,65,67-69,71-72H,4-15,17-18,20-24,27-36,38-39,41-47,49-50,52-55H2,1-3H3,(H,66,73)/b19-16-,26-25-,40-37-,51-48+. The van der Waals surface area contributed by atoms with Crippen molar-refractivity contribution in [3.8, 4) is 0 Å². The number of allylic oxidation sites excluding steroid dienone is 7. The number of carbonyl (C=O) groups is 2. The summed E-state index contributed by atoms with van der Waals surface area (Å²) in [5.74, 6) is -1.21. The Morgan fingerprint density at radius 2 is 0.908 bits per heavy atom. The molecule has 76 heavy (non-hydrogen) atoms. The molecule has 0 aromatic rings. The van der Waals surface area contributed by atoms with E-state index in [0.29, 0.717) is 12.8 Å². The van der Waals surface area contributed by atoms with Gasteiger partial charge in [-0.3, -0.25) is 9.59 Å². The van der Waals surface area contributed by atoms with Gasteiger partial charge in [-0.2, -0.15) is 0 Å². The van der Waals surface area contributed by atoms with Crippen molar-refractivity contribution in [1.82, 2.24) is 5.32 Å². The molecule has 1 rings (SSSR count). The summed E-state index contributed by atoms with van der Waals surface area (Å²) in [6.07, 6.45) is 54.4. The number of aliphatic hydroxyl groups excluding tert-OH is 5. The number of hydrogen-bond donors (Lipinski definition) is 6. The topological polar surface area (TPSA) is 175 Å². The second-order valence-corrected chi connectivity index (χ2v) is 22.1. The normalized spacial score (nSPS) is 19.4. The van der Waals surface area contributed by atoms with E-state index in [4.69, 9.17) is 14.2 Å². The second kappa shape index (κ2) is 53.3. The Labute approximate surface area is 466 Å². The second-order valence-electron chi connectivity index (χ2n) is 22.1. The predicted octanol–water partition coefficient (Wildman–Crippen LogP) is 15.2. The molecule has 1 amide bonds. The third-order valence-electron chi connectivity index (χ3n) is 15.0. The van der Waals surface area contributed by atoms with Crippen LogP contribution in [-0.2, 0) is 23.8 Å². The largest absolute Gasteiger partial charge is 0.454 e. The fourth-order valence-corrected chi connectivity index (χ4v) is 9.85. The van der Waals surface area contributed by atoms with Gasteiger partial charge in [0.05, 0.1) is 25.4 Å². The van der Waals surface area contributed by atoms with Crippen LogP contribution in [0, 0.1) is 0 Å². The van der Waals surface area contributed by atoms with Crippen molar-refractivity contribution >= 4 is 11.9 Å². The summed E-state index contributed by atoms with van der Waals surface area (Å²) in [7, 11) is 0. The molecular formula is C65H119NO10. The number of unbranched alkanes of at least 4 members (excludes halogenated alkanes) is 34. The lowest BCUT2D eigenvalue weighted by Gasteiger charge is -2.41. The summed E-state index contributed by atoms with van der Waals surface area (Å²) in [5.41, 5.74) is 0. The first-order valence-electron chi connectivity index (χ1n) is 31.9. The molecule has 0 saturated carbocycles. The molecule has 1 aliphatic heterocycles. The van der Waals surface area contributed by atoms with E-state index in [2.05, 4.69) is 62.5 Å². The van der Waals surface area contributed by atoms with Gasteiger partial charge < -0.3 is 45.1 Å². The van der Waals surface area contributed by atoms with Gasteiger partial charge in [-0.1, -0.05) is 249 Å². The first-order valence-corrected chi connectivity index (χ1v) is 31.9. The van der Waals surface area contributed by atoms with Crippen LogP contribution in [0.25, 0.3) is 0 Å². The number of hydrogen-bond acceptors (Lipinski definition) is 10. The molecular weight excluding hydrogens is 955 g/mol. The van der Waals surface area contributed by atoms with Gasteiger partial charge in [0.25, 0.3) is 0 Å². The molecule has 0 radical (unpaired) electrons. The molecule has 0 aliphatic carbocycles. The highest BCUT2D eigenvalue weighted by molar-refractivity contribution is 5.80. The molecule has 6 N–H and O–H groups in total. The third kappa shape index (κ3) is 40.8. The Kier molecular flexibility index (Phi) is 50.2. The number of amides is 1. The first kappa shape index (κ1) is 71.6. The van der Waals surface area contributed by atoms with Crippen molar-refractivity contribution in [2.24, 2.45) is 0 Å². The van der Waals surface area contributed by atoms with Crippen LogP contribution in [-0.4, -0.2) is 99.6 Å². The molecule has 1 aliphatic rings. The number of rotatable bonds is 54. The maximum absolute atomic E-state index is 13.4. The van der Waals surface area contributed by atoms with Gasteiger partial charge in [-0.05, 0) is 83.5 Å². The van der Waals surface area contributed by atoms with Gasteiger partial charge in [0, 0.05) is 6.42 Å². The minimum absolute atomic E-state index is 0.122. The highest BCUT2D eigenvalue weighted by Gasteiger charge is 2.47. The van der Waals surface area contributed by atoms with E-state index in [-0.39, 0.29) is 19.4 Å². The predicted molar refractivity (Wildman–Crippen MR) is 315 cm³/mol. The van der Waals surface area contributed by atoms with Crippen molar-refractivity contribution in [3.05, 3.63) is 48.6 Å². The SMILES string of the molecule is CCCCC/C=C\C/C=C\CCCCCCCCCCCCCCCC(=O)OC1C(OCC(NC(=O)C(O)CCCC/C=C\CCCCCCCC)C(O)/C=C/CCCCCCCCCCCC)OC(CO)C(O)C1O. The molecule has 0 aromatic heterocycles. The van der Waals surface area contributed by atoms with Crippen LogP contribution in [0.1, 0.15) is 290 Å². The quantitative estimate of drug-likeness (QED) is 0.0195. The van der Waals surface area contributed by atoms with Crippen molar-refractivity contribution in [2.75, 3.05) is 13.2 Å². The van der Waals surface area contributed by atoms with Crippen LogP contribution in [0.4, 0.5) is 0 Å². The average molecular weight is 1070 g/mol. The van der Waals surface area contributed by atoms with E-state index in [9.17, 15) is 35.1 Å². The number of ether oxygens (including phenoxy) is 3. The minimum atomic E-state index is -1.61. The van der Waals surface area contributed by atoms with Crippen LogP contribution in [0.15, 0.2) is 48.6 Å². The zero-order chi connectivity index (χ0) is 55.4. The van der Waals surface area contributed by atoms with Gasteiger partial charge in [0.1, 0.15) is 24.4 Å². The zero-order valence-electron chi connectivity index (χ0n) is 49.1. The Morgan fingerprint density at radius 3 is 1.38 bits per heavy atom. The smallest absolute Gasteiger partial charge is 0.306 e. The minimum Gasteiger partial charge on any atom is -0.454 e. The fourth-order valence-electron chi connectivity index (χ4n) is 9.85. The lowest BCUT2D eigenvalue weighted by atomic mass is 9.99. The maximum Gasteiger partial charge on any atom is 0.306 e. The van der Waals surface area contributed by atoms with Gasteiger partial charge >= 0.3 is 5.97 Å². The summed E-state index contributed by atoms with van der Waals surface area (Å²) >= 11 is 0. The van der Waals surface area contributed by atoms with E-state index in [1.165, 1.54) is 180 Å². The average Bonchev–Trinajstić information content (AvgIpc) is 3.42. The number of esters is 1. The van der Waals surface area contributed by atoms with Gasteiger partial charge in [0.15, 0.2) is 12.4 Å². The molecule has 1 fully saturated rings. The van der Waals surface area contributed by atoms with E-state index >= 15 is 0 Å². The molecule has 11 heteroatoms. The van der Waals surface area contributed by atoms with E-state index in [0.717, 1.165) is 64.2 Å². The Bertz CT molecular complexity index is 1420. The molecule has 1 heterocycles. The summed E-state index contributed by atoms with van der Waals surface area (Å²) < 4.78 is 17.6. The van der Waals surface area contributed by atoms with E-state index in [1.807, 2.05) is 6.08 Å².